The van der Waals surface area contributed by atoms with Crippen LogP contribution in [0.5, 0.6) is 0 Å². The maximum absolute atomic E-state index is 12.7. The Bertz CT molecular complexity index is 244. The highest BCUT2D eigenvalue weighted by Crippen LogP contribution is 2.36. The number of piperidine rings is 1. The summed E-state index contributed by atoms with van der Waals surface area (Å²) in [7, 11) is 0. The van der Waals surface area contributed by atoms with Crippen LogP contribution >= 0.6 is 0 Å². The Morgan fingerprint density at radius 1 is 0.941 bits per heavy atom. The molecular formula is C13H22F3N. The predicted molar refractivity (Wildman–Crippen MR) is 61.7 cm³/mol. The number of rotatable bonds is 1. The largest absolute Gasteiger partial charge is 0.403 e. The fourth-order valence-electron chi connectivity index (χ4n) is 3.29. The molecule has 1 aliphatic carbocycles. The van der Waals surface area contributed by atoms with Crippen molar-refractivity contribution in [1.82, 2.24) is 5.32 Å². The molecule has 2 rings (SSSR count). The molecule has 0 aromatic carbocycles. The topological polar surface area (TPSA) is 12.0 Å². The van der Waals surface area contributed by atoms with Crippen molar-refractivity contribution < 1.29 is 13.2 Å². The van der Waals surface area contributed by atoms with Crippen molar-refractivity contribution in [2.75, 3.05) is 0 Å². The van der Waals surface area contributed by atoms with Gasteiger partial charge in [-0.2, -0.15) is 13.2 Å². The molecule has 0 aromatic heterocycles. The van der Waals surface area contributed by atoms with Crippen molar-refractivity contribution in [3.63, 3.8) is 0 Å². The van der Waals surface area contributed by atoms with E-state index in [-0.39, 0.29) is 12.5 Å². The van der Waals surface area contributed by atoms with Gasteiger partial charge in [0.05, 0.1) is 0 Å². The molecule has 1 saturated heterocycles. The van der Waals surface area contributed by atoms with Gasteiger partial charge in [-0.15, -0.1) is 0 Å². The second-order valence-electron chi connectivity index (χ2n) is 5.82. The monoisotopic (exact) mass is 249 g/mol. The molecule has 100 valence electrons. The molecule has 2 fully saturated rings. The molecule has 0 aromatic rings. The first kappa shape index (κ1) is 13.2. The summed E-state index contributed by atoms with van der Waals surface area (Å²) < 4.78 is 38.0. The Kier molecular flexibility index (Phi) is 4.01. The fraction of sp³-hybridized carbons (Fsp3) is 1.00. The van der Waals surface area contributed by atoms with Crippen LogP contribution in [0.1, 0.15) is 51.9 Å². The Hall–Kier alpha value is -0.250. The number of hydrogen-bond donors (Lipinski definition) is 1. The molecular weight excluding hydrogens is 227 g/mol. The van der Waals surface area contributed by atoms with Gasteiger partial charge in [0, 0.05) is 6.04 Å². The van der Waals surface area contributed by atoms with Crippen molar-refractivity contribution in [1.29, 1.82) is 0 Å². The summed E-state index contributed by atoms with van der Waals surface area (Å²) in [5.74, 6) is 1.23. The van der Waals surface area contributed by atoms with Crippen LogP contribution in [0.4, 0.5) is 13.2 Å². The molecule has 1 heterocycles. The minimum absolute atomic E-state index is 0.0999. The molecule has 1 aliphatic heterocycles. The Balaban J connectivity index is 1.89. The molecule has 0 bridgehead atoms. The van der Waals surface area contributed by atoms with Crippen LogP contribution in [0.25, 0.3) is 0 Å². The second-order valence-corrected chi connectivity index (χ2v) is 5.82. The summed E-state index contributed by atoms with van der Waals surface area (Å²) in [6, 6.07) is -1.16. The molecule has 2 atom stereocenters. The second kappa shape index (κ2) is 5.17. The average molecular weight is 249 g/mol. The summed E-state index contributed by atoms with van der Waals surface area (Å²) in [5, 5.41) is 2.85. The molecule has 4 heteroatoms. The van der Waals surface area contributed by atoms with Crippen LogP contribution in [0.2, 0.25) is 0 Å². The van der Waals surface area contributed by atoms with Gasteiger partial charge in [-0.1, -0.05) is 19.8 Å². The lowest BCUT2D eigenvalue weighted by Crippen LogP contribution is -2.53. The zero-order chi connectivity index (χ0) is 12.5. The Labute approximate surface area is 101 Å². The quantitative estimate of drug-likeness (QED) is 0.743. The average Bonchev–Trinajstić information content (AvgIpc) is 2.29. The molecule has 2 aliphatic rings. The zero-order valence-electron chi connectivity index (χ0n) is 10.4. The lowest BCUT2D eigenvalue weighted by atomic mass is 9.76. The Morgan fingerprint density at radius 2 is 1.59 bits per heavy atom. The van der Waals surface area contributed by atoms with Crippen molar-refractivity contribution in [2.24, 2.45) is 11.8 Å². The van der Waals surface area contributed by atoms with Crippen LogP contribution in [0.3, 0.4) is 0 Å². The van der Waals surface area contributed by atoms with E-state index in [1.54, 1.807) is 0 Å². The summed E-state index contributed by atoms with van der Waals surface area (Å²) >= 11 is 0. The maximum Gasteiger partial charge on any atom is 0.403 e. The molecule has 0 spiro atoms. The van der Waals surface area contributed by atoms with Crippen molar-refractivity contribution in [3.8, 4) is 0 Å². The summed E-state index contributed by atoms with van der Waals surface area (Å²) in [6.45, 7) is 2.24. The predicted octanol–water partition coefficient (Wildman–Crippen LogP) is 3.89. The van der Waals surface area contributed by atoms with Crippen LogP contribution < -0.4 is 5.32 Å². The minimum atomic E-state index is -4.07. The van der Waals surface area contributed by atoms with Gasteiger partial charge < -0.3 is 5.32 Å². The lowest BCUT2D eigenvalue weighted by Gasteiger charge is -2.39. The molecule has 17 heavy (non-hydrogen) atoms. The SMILES string of the molecule is CC1CCC(C2CCCC(C(F)(F)F)N2)CC1. The number of nitrogens with one attached hydrogen (secondary N) is 1. The van der Waals surface area contributed by atoms with Crippen molar-refractivity contribution >= 4 is 0 Å². The first-order valence-electron chi connectivity index (χ1n) is 6.79. The standard InChI is InChI=1S/C13H22F3N/c1-9-5-7-10(8-6-9)11-3-2-4-12(17-11)13(14,15)16/h9-12,17H,2-8H2,1H3. The molecule has 0 amide bonds. The van der Waals surface area contributed by atoms with E-state index in [1.165, 1.54) is 12.8 Å². The van der Waals surface area contributed by atoms with E-state index in [0.29, 0.717) is 12.3 Å². The third-order valence-electron chi connectivity index (χ3n) is 4.45. The summed E-state index contributed by atoms with van der Waals surface area (Å²) in [5.41, 5.74) is 0. The molecule has 0 radical (unpaired) electrons. The molecule has 1 nitrogen and oxygen atoms in total. The maximum atomic E-state index is 12.7. The normalized spacial score (nSPS) is 40.2. The van der Waals surface area contributed by atoms with Gasteiger partial charge in [0.15, 0.2) is 0 Å². The molecule has 1 saturated carbocycles. The van der Waals surface area contributed by atoms with Gasteiger partial charge in [-0.05, 0) is 43.9 Å². The first-order chi connectivity index (χ1) is 7.97. The van der Waals surface area contributed by atoms with E-state index in [4.69, 9.17) is 0 Å². The highest BCUT2D eigenvalue weighted by Gasteiger charge is 2.43. The summed E-state index contributed by atoms with van der Waals surface area (Å²) in [6.07, 6.45) is 2.38. The molecule has 2 unspecified atom stereocenters. The van der Waals surface area contributed by atoms with Crippen LogP contribution in [0.15, 0.2) is 0 Å². The van der Waals surface area contributed by atoms with E-state index in [9.17, 15) is 13.2 Å². The Morgan fingerprint density at radius 3 is 2.18 bits per heavy atom. The van der Waals surface area contributed by atoms with Gasteiger partial charge in [-0.25, -0.2) is 0 Å². The van der Waals surface area contributed by atoms with Crippen molar-refractivity contribution in [2.45, 2.75) is 70.1 Å². The van der Waals surface area contributed by atoms with Gasteiger partial charge in [0.2, 0.25) is 0 Å². The van der Waals surface area contributed by atoms with E-state index in [2.05, 4.69) is 12.2 Å². The van der Waals surface area contributed by atoms with E-state index < -0.39 is 12.2 Å². The lowest BCUT2D eigenvalue weighted by molar-refractivity contribution is -0.164. The van der Waals surface area contributed by atoms with E-state index >= 15 is 0 Å². The number of hydrogen-bond acceptors (Lipinski definition) is 1. The minimum Gasteiger partial charge on any atom is -0.303 e. The third-order valence-corrected chi connectivity index (χ3v) is 4.45. The highest BCUT2D eigenvalue weighted by atomic mass is 19.4. The smallest absolute Gasteiger partial charge is 0.303 e. The molecule has 1 N–H and O–H groups in total. The van der Waals surface area contributed by atoms with Crippen LogP contribution in [-0.4, -0.2) is 18.3 Å². The van der Waals surface area contributed by atoms with Gasteiger partial charge in [0.25, 0.3) is 0 Å². The van der Waals surface area contributed by atoms with Crippen molar-refractivity contribution in [3.05, 3.63) is 0 Å². The highest BCUT2D eigenvalue weighted by molar-refractivity contribution is 4.90. The van der Waals surface area contributed by atoms with E-state index in [1.807, 2.05) is 0 Å². The third kappa shape index (κ3) is 3.36. The fourth-order valence-corrected chi connectivity index (χ4v) is 3.29. The van der Waals surface area contributed by atoms with Crippen LogP contribution in [-0.2, 0) is 0 Å². The number of halogens is 3. The van der Waals surface area contributed by atoms with Gasteiger partial charge >= 0.3 is 6.18 Å². The first-order valence-corrected chi connectivity index (χ1v) is 6.79. The van der Waals surface area contributed by atoms with Gasteiger partial charge in [-0.3, -0.25) is 0 Å². The van der Waals surface area contributed by atoms with Crippen LogP contribution in [0, 0.1) is 11.8 Å². The van der Waals surface area contributed by atoms with Gasteiger partial charge in [0.1, 0.15) is 6.04 Å². The van der Waals surface area contributed by atoms with E-state index in [0.717, 1.165) is 25.2 Å². The zero-order valence-corrected chi connectivity index (χ0v) is 10.4. The number of alkyl halides is 3. The summed E-state index contributed by atoms with van der Waals surface area (Å²) in [4.78, 5) is 0.